The molecule has 23 heavy (non-hydrogen) atoms. The topological polar surface area (TPSA) is 50.4 Å². The molecule has 0 saturated carbocycles. The van der Waals surface area contributed by atoms with E-state index < -0.39 is 0 Å². The molecular formula is C18H19ClN2O2. The molecule has 1 heterocycles. The standard InChI is InChI=1S/C18H19ClN2O2/c1-23-17-5-3-2-4-12(17)9-18(22)21-16-11-20-10-13-8-14(19)6-7-15(13)16/h2-8,16,20H,9-11H2,1H3,(H,21,22). The summed E-state index contributed by atoms with van der Waals surface area (Å²) < 4.78 is 5.30. The van der Waals surface area contributed by atoms with Gasteiger partial charge in [-0.15, -0.1) is 0 Å². The molecule has 5 heteroatoms. The summed E-state index contributed by atoms with van der Waals surface area (Å²) in [6.45, 7) is 1.49. The second kappa shape index (κ2) is 7.02. The third-order valence-electron chi connectivity index (χ3n) is 4.02. The average Bonchev–Trinajstić information content (AvgIpc) is 2.55. The van der Waals surface area contributed by atoms with Crippen LogP contribution in [0.2, 0.25) is 5.02 Å². The average molecular weight is 331 g/mol. The molecule has 0 spiro atoms. The lowest BCUT2D eigenvalue weighted by Gasteiger charge is -2.27. The van der Waals surface area contributed by atoms with E-state index in [0.717, 1.165) is 29.0 Å². The fourth-order valence-corrected chi connectivity index (χ4v) is 3.12. The third kappa shape index (κ3) is 3.66. The van der Waals surface area contributed by atoms with Gasteiger partial charge in [0, 0.05) is 23.7 Å². The molecule has 0 aliphatic carbocycles. The first-order valence-corrected chi connectivity index (χ1v) is 7.95. The summed E-state index contributed by atoms with van der Waals surface area (Å²) in [5, 5.41) is 7.12. The van der Waals surface area contributed by atoms with Crippen LogP contribution in [0.5, 0.6) is 5.75 Å². The zero-order valence-electron chi connectivity index (χ0n) is 12.9. The van der Waals surface area contributed by atoms with Gasteiger partial charge in [-0.3, -0.25) is 4.79 Å². The molecular weight excluding hydrogens is 312 g/mol. The van der Waals surface area contributed by atoms with E-state index >= 15 is 0 Å². The third-order valence-corrected chi connectivity index (χ3v) is 4.26. The van der Waals surface area contributed by atoms with Crippen LogP contribution in [0.3, 0.4) is 0 Å². The van der Waals surface area contributed by atoms with Crippen LogP contribution in [0.4, 0.5) is 0 Å². The molecule has 2 N–H and O–H groups in total. The summed E-state index contributed by atoms with van der Waals surface area (Å²) in [7, 11) is 1.61. The highest BCUT2D eigenvalue weighted by Crippen LogP contribution is 2.25. The van der Waals surface area contributed by atoms with Crippen LogP contribution in [-0.2, 0) is 17.8 Å². The van der Waals surface area contributed by atoms with Crippen LogP contribution >= 0.6 is 11.6 Å². The Morgan fingerprint density at radius 2 is 2.17 bits per heavy atom. The Balaban J connectivity index is 1.72. The summed E-state index contributed by atoms with van der Waals surface area (Å²) in [6, 6.07) is 13.3. The minimum atomic E-state index is -0.0433. The van der Waals surface area contributed by atoms with Gasteiger partial charge in [-0.05, 0) is 29.3 Å². The molecule has 4 nitrogen and oxygen atoms in total. The summed E-state index contributed by atoms with van der Waals surface area (Å²) in [4.78, 5) is 12.4. The van der Waals surface area contributed by atoms with Crippen molar-refractivity contribution in [2.24, 2.45) is 0 Å². The molecule has 0 radical (unpaired) electrons. The maximum Gasteiger partial charge on any atom is 0.225 e. The summed E-state index contributed by atoms with van der Waals surface area (Å²) in [6.07, 6.45) is 0.295. The number of hydrogen-bond donors (Lipinski definition) is 2. The van der Waals surface area contributed by atoms with Crippen LogP contribution in [0.25, 0.3) is 0 Å². The summed E-state index contributed by atoms with van der Waals surface area (Å²) >= 11 is 6.04. The molecule has 1 unspecified atom stereocenters. The smallest absolute Gasteiger partial charge is 0.225 e. The lowest BCUT2D eigenvalue weighted by atomic mass is 9.96. The van der Waals surface area contributed by atoms with E-state index in [1.54, 1.807) is 7.11 Å². The molecule has 3 rings (SSSR count). The van der Waals surface area contributed by atoms with Crippen LogP contribution in [0.15, 0.2) is 42.5 Å². The zero-order valence-corrected chi connectivity index (χ0v) is 13.7. The first-order valence-electron chi connectivity index (χ1n) is 7.57. The Hall–Kier alpha value is -2.04. The van der Waals surface area contributed by atoms with Crippen molar-refractivity contribution in [3.8, 4) is 5.75 Å². The Kier molecular flexibility index (Phi) is 4.84. The minimum absolute atomic E-state index is 0.0240. The number of fused-ring (bicyclic) bond motifs is 1. The van der Waals surface area contributed by atoms with E-state index in [-0.39, 0.29) is 11.9 Å². The summed E-state index contributed by atoms with van der Waals surface area (Å²) in [5.74, 6) is 0.709. The number of methoxy groups -OCH3 is 1. The molecule has 2 aromatic carbocycles. The van der Waals surface area contributed by atoms with Crippen molar-refractivity contribution < 1.29 is 9.53 Å². The minimum Gasteiger partial charge on any atom is -0.496 e. The van der Waals surface area contributed by atoms with E-state index in [4.69, 9.17) is 16.3 Å². The number of hydrogen-bond acceptors (Lipinski definition) is 3. The van der Waals surface area contributed by atoms with Crippen molar-refractivity contribution in [2.75, 3.05) is 13.7 Å². The molecule has 1 aliphatic heterocycles. The van der Waals surface area contributed by atoms with Crippen molar-refractivity contribution in [2.45, 2.75) is 19.0 Å². The number of para-hydroxylation sites is 1. The summed E-state index contributed by atoms with van der Waals surface area (Å²) in [5.41, 5.74) is 3.14. The van der Waals surface area contributed by atoms with Crippen molar-refractivity contribution >= 4 is 17.5 Å². The van der Waals surface area contributed by atoms with Gasteiger partial charge in [0.25, 0.3) is 0 Å². The van der Waals surface area contributed by atoms with Gasteiger partial charge >= 0.3 is 0 Å². The quantitative estimate of drug-likeness (QED) is 0.906. The number of rotatable bonds is 4. The van der Waals surface area contributed by atoms with E-state index in [1.807, 2.05) is 42.5 Å². The van der Waals surface area contributed by atoms with Crippen LogP contribution < -0.4 is 15.4 Å². The highest BCUT2D eigenvalue weighted by atomic mass is 35.5. The van der Waals surface area contributed by atoms with Gasteiger partial charge in [-0.1, -0.05) is 35.9 Å². The molecule has 0 aromatic heterocycles. The Morgan fingerprint density at radius 1 is 1.35 bits per heavy atom. The van der Waals surface area contributed by atoms with E-state index in [0.29, 0.717) is 18.0 Å². The molecule has 0 bridgehead atoms. The lowest BCUT2D eigenvalue weighted by Crippen LogP contribution is -2.40. The van der Waals surface area contributed by atoms with Crippen molar-refractivity contribution in [1.82, 2.24) is 10.6 Å². The number of carbonyl (C=O) groups is 1. The number of halogens is 1. The van der Waals surface area contributed by atoms with Gasteiger partial charge in [0.15, 0.2) is 0 Å². The molecule has 1 amide bonds. The Labute approximate surface area is 140 Å². The molecule has 0 fully saturated rings. The van der Waals surface area contributed by atoms with Crippen LogP contribution in [-0.4, -0.2) is 19.6 Å². The number of benzene rings is 2. The highest BCUT2D eigenvalue weighted by molar-refractivity contribution is 6.30. The Bertz CT molecular complexity index is 718. The van der Waals surface area contributed by atoms with E-state index in [1.165, 1.54) is 0 Å². The number of ether oxygens (including phenoxy) is 1. The van der Waals surface area contributed by atoms with Gasteiger partial charge in [0.2, 0.25) is 5.91 Å². The zero-order chi connectivity index (χ0) is 16.2. The van der Waals surface area contributed by atoms with Gasteiger partial charge in [0.05, 0.1) is 19.6 Å². The fraction of sp³-hybridized carbons (Fsp3) is 0.278. The maximum absolute atomic E-state index is 12.4. The largest absolute Gasteiger partial charge is 0.496 e. The van der Waals surface area contributed by atoms with Crippen LogP contribution in [0.1, 0.15) is 22.7 Å². The monoisotopic (exact) mass is 330 g/mol. The van der Waals surface area contributed by atoms with Crippen molar-refractivity contribution in [3.63, 3.8) is 0 Å². The first kappa shape index (κ1) is 15.8. The molecule has 1 atom stereocenters. The molecule has 0 saturated heterocycles. The van der Waals surface area contributed by atoms with E-state index in [2.05, 4.69) is 10.6 Å². The first-order chi connectivity index (χ1) is 11.2. The predicted molar refractivity (Wildman–Crippen MR) is 90.7 cm³/mol. The number of nitrogens with one attached hydrogen (secondary N) is 2. The van der Waals surface area contributed by atoms with Gasteiger partial charge in [-0.2, -0.15) is 0 Å². The molecule has 120 valence electrons. The molecule has 2 aromatic rings. The lowest BCUT2D eigenvalue weighted by molar-refractivity contribution is -0.121. The number of amides is 1. The van der Waals surface area contributed by atoms with Crippen molar-refractivity contribution in [1.29, 1.82) is 0 Å². The van der Waals surface area contributed by atoms with Gasteiger partial charge in [0.1, 0.15) is 5.75 Å². The second-order valence-corrected chi connectivity index (χ2v) is 6.02. The van der Waals surface area contributed by atoms with Crippen LogP contribution in [0, 0.1) is 0 Å². The van der Waals surface area contributed by atoms with Gasteiger partial charge in [-0.25, -0.2) is 0 Å². The fourth-order valence-electron chi connectivity index (χ4n) is 2.92. The highest BCUT2D eigenvalue weighted by Gasteiger charge is 2.22. The maximum atomic E-state index is 12.4. The number of carbonyl (C=O) groups excluding carboxylic acids is 1. The molecule has 1 aliphatic rings. The van der Waals surface area contributed by atoms with Gasteiger partial charge < -0.3 is 15.4 Å². The Morgan fingerprint density at radius 3 is 3.00 bits per heavy atom. The second-order valence-electron chi connectivity index (χ2n) is 5.58. The van der Waals surface area contributed by atoms with Crippen molar-refractivity contribution in [3.05, 3.63) is 64.2 Å². The van der Waals surface area contributed by atoms with E-state index in [9.17, 15) is 4.79 Å². The SMILES string of the molecule is COc1ccccc1CC(=O)NC1CNCc2cc(Cl)ccc21. The predicted octanol–water partition coefficient (Wildman–Crippen LogP) is 2.85. The normalized spacial score (nSPS) is 16.5.